The molecule has 1 aliphatic rings. The molecule has 2 aromatic rings. The molecular formula is C17H18F3N3OS. The van der Waals surface area contributed by atoms with Gasteiger partial charge in [0.1, 0.15) is 6.04 Å². The van der Waals surface area contributed by atoms with Gasteiger partial charge >= 0.3 is 6.18 Å². The smallest absolute Gasteiger partial charge is 0.347 e. The summed E-state index contributed by atoms with van der Waals surface area (Å²) in [5.74, 6) is -0.00931. The molecular weight excluding hydrogens is 351 g/mol. The molecule has 0 saturated carbocycles. The summed E-state index contributed by atoms with van der Waals surface area (Å²) < 4.78 is 39.6. The van der Waals surface area contributed by atoms with Gasteiger partial charge in [-0.3, -0.25) is 4.79 Å². The Labute approximate surface area is 147 Å². The number of hydrogen-bond acceptors (Lipinski definition) is 4. The number of alkyl halides is 3. The van der Waals surface area contributed by atoms with Crippen LogP contribution in [0.1, 0.15) is 18.4 Å². The first-order valence-electron chi connectivity index (χ1n) is 7.89. The van der Waals surface area contributed by atoms with E-state index in [0.29, 0.717) is 11.7 Å². The van der Waals surface area contributed by atoms with Crippen molar-refractivity contribution in [3.8, 4) is 11.3 Å². The number of thiazole rings is 1. The van der Waals surface area contributed by atoms with Crippen LogP contribution in [0.3, 0.4) is 0 Å². The SMILES string of the molecule is CN(C)C(=O)[C@@H]1CCCN1c1nc(-c2ccccc2C(F)(F)F)cs1. The number of nitrogens with zero attached hydrogens (tertiary/aromatic N) is 3. The topological polar surface area (TPSA) is 36.4 Å². The maximum absolute atomic E-state index is 13.2. The number of hydrogen-bond donors (Lipinski definition) is 0. The van der Waals surface area contributed by atoms with E-state index in [0.717, 1.165) is 18.9 Å². The largest absolute Gasteiger partial charge is 0.417 e. The Bertz CT molecular complexity index is 772. The lowest BCUT2D eigenvalue weighted by atomic mass is 10.1. The predicted octanol–water partition coefficient (Wildman–Crippen LogP) is 3.89. The van der Waals surface area contributed by atoms with E-state index in [1.54, 1.807) is 25.5 Å². The van der Waals surface area contributed by atoms with Crippen LogP contribution in [0.5, 0.6) is 0 Å². The van der Waals surface area contributed by atoms with Gasteiger partial charge in [-0.25, -0.2) is 4.98 Å². The van der Waals surface area contributed by atoms with Crippen molar-refractivity contribution in [2.75, 3.05) is 25.5 Å². The van der Waals surface area contributed by atoms with Gasteiger partial charge in [0.2, 0.25) is 5.91 Å². The van der Waals surface area contributed by atoms with Gasteiger partial charge in [-0.1, -0.05) is 18.2 Å². The van der Waals surface area contributed by atoms with Crippen LogP contribution in [0.15, 0.2) is 29.6 Å². The number of carbonyl (C=O) groups excluding carboxylic acids is 1. The average molecular weight is 369 g/mol. The first-order valence-corrected chi connectivity index (χ1v) is 8.77. The minimum atomic E-state index is -4.43. The summed E-state index contributed by atoms with van der Waals surface area (Å²) in [6.07, 6.45) is -2.85. The summed E-state index contributed by atoms with van der Waals surface area (Å²) in [5.41, 5.74) is -0.350. The molecule has 1 fully saturated rings. The zero-order valence-corrected chi connectivity index (χ0v) is 14.7. The van der Waals surface area contributed by atoms with Gasteiger partial charge in [0, 0.05) is 31.6 Å². The minimum absolute atomic E-state index is 0.00931. The number of carbonyl (C=O) groups is 1. The fraction of sp³-hybridized carbons (Fsp3) is 0.412. The summed E-state index contributed by atoms with van der Waals surface area (Å²) >= 11 is 1.27. The van der Waals surface area contributed by atoms with Crippen LogP contribution in [0.2, 0.25) is 0 Å². The first kappa shape index (κ1) is 17.7. The first-order chi connectivity index (χ1) is 11.8. The van der Waals surface area contributed by atoms with E-state index in [4.69, 9.17) is 0 Å². The fourth-order valence-electron chi connectivity index (χ4n) is 3.02. The number of rotatable bonds is 3. The van der Waals surface area contributed by atoms with E-state index in [-0.39, 0.29) is 23.2 Å². The molecule has 1 aromatic heterocycles. The lowest BCUT2D eigenvalue weighted by molar-refractivity contribution is -0.137. The number of aromatic nitrogens is 1. The van der Waals surface area contributed by atoms with Crippen LogP contribution in [0, 0.1) is 0 Å². The highest BCUT2D eigenvalue weighted by molar-refractivity contribution is 7.14. The van der Waals surface area contributed by atoms with Crippen molar-refractivity contribution in [3.63, 3.8) is 0 Å². The second-order valence-electron chi connectivity index (χ2n) is 6.14. The number of amides is 1. The maximum atomic E-state index is 13.2. The predicted molar refractivity (Wildman–Crippen MR) is 91.6 cm³/mol. The molecule has 4 nitrogen and oxygen atoms in total. The van der Waals surface area contributed by atoms with Crippen molar-refractivity contribution in [1.82, 2.24) is 9.88 Å². The molecule has 134 valence electrons. The molecule has 1 saturated heterocycles. The molecule has 1 aromatic carbocycles. The van der Waals surface area contributed by atoms with Crippen molar-refractivity contribution < 1.29 is 18.0 Å². The molecule has 0 aliphatic carbocycles. The van der Waals surface area contributed by atoms with Crippen molar-refractivity contribution in [1.29, 1.82) is 0 Å². The van der Waals surface area contributed by atoms with E-state index < -0.39 is 11.7 Å². The minimum Gasteiger partial charge on any atom is -0.347 e. The van der Waals surface area contributed by atoms with Gasteiger partial charge in [-0.05, 0) is 18.9 Å². The Kier molecular flexibility index (Phi) is 4.73. The third-order valence-corrected chi connectivity index (χ3v) is 5.10. The number of halogens is 3. The second-order valence-corrected chi connectivity index (χ2v) is 6.98. The standard InChI is InChI=1S/C17H18F3N3OS/c1-22(2)15(24)14-8-5-9-23(14)16-21-13(10-25-16)11-6-3-4-7-12(11)17(18,19)20/h3-4,6-7,10,14H,5,8-9H2,1-2H3/t14-/m0/s1. The molecule has 1 aliphatic heterocycles. The summed E-state index contributed by atoms with van der Waals surface area (Å²) in [6.45, 7) is 0.679. The van der Waals surface area contributed by atoms with E-state index in [2.05, 4.69) is 4.98 Å². The molecule has 0 N–H and O–H groups in total. The van der Waals surface area contributed by atoms with Gasteiger partial charge in [0.25, 0.3) is 0 Å². The van der Waals surface area contributed by atoms with Gasteiger partial charge < -0.3 is 9.80 Å². The molecule has 0 unspecified atom stereocenters. The third kappa shape index (κ3) is 3.49. The Hall–Kier alpha value is -2.09. The normalized spacial score (nSPS) is 17.8. The lowest BCUT2D eigenvalue weighted by Crippen LogP contribution is -2.42. The second kappa shape index (κ2) is 6.67. The molecule has 3 rings (SSSR count). The van der Waals surface area contributed by atoms with Gasteiger partial charge in [-0.15, -0.1) is 11.3 Å². The van der Waals surface area contributed by atoms with Gasteiger partial charge in [0.05, 0.1) is 11.3 Å². The molecule has 1 atom stereocenters. The number of likely N-dealkylation sites (N-methyl/N-ethyl adjacent to an activating group) is 1. The fourth-order valence-corrected chi connectivity index (χ4v) is 3.93. The maximum Gasteiger partial charge on any atom is 0.417 e. The van der Waals surface area contributed by atoms with Crippen LogP contribution in [0.25, 0.3) is 11.3 Å². The zero-order chi connectivity index (χ0) is 18.2. The van der Waals surface area contributed by atoms with Gasteiger partial charge in [0.15, 0.2) is 5.13 Å². The van der Waals surface area contributed by atoms with E-state index >= 15 is 0 Å². The highest BCUT2D eigenvalue weighted by atomic mass is 32.1. The molecule has 0 spiro atoms. The van der Waals surface area contributed by atoms with E-state index in [1.807, 2.05) is 4.90 Å². The lowest BCUT2D eigenvalue weighted by Gasteiger charge is -2.25. The number of benzene rings is 1. The summed E-state index contributed by atoms with van der Waals surface area (Å²) in [6, 6.07) is 5.12. The quantitative estimate of drug-likeness (QED) is 0.824. The molecule has 0 radical (unpaired) electrons. The zero-order valence-electron chi connectivity index (χ0n) is 13.9. The van der Waals surface area contributed by atoms with Crippen molar-refractivity contribution in [3.05, 3.63) is 35.2 Å². The third-order valence-electron chi connectivity index (χ3n) is 4.22. The Morgan fingerprint density at radius 1 is 1.32 bits per heavy atom. The van der Waals surface area contributed by atoms with Crippen molar-refractivity contribution in [2.24, 2.45) is 0 Å². The van der Waals surface area contributed by atoms with E-state index in [1.165, 1.54) is 28.4 Å². The molecule has 0 bridgehead atoms. The Morgan fingerprint density at radius 3 is 2.72 bits per heavy atom. The van der Waals surface area contributed by atoms with Crippen LogP contribution in [-0.2, 0) is 11.0 Å². The van der Waals surface area contributed by atoms with Crippen LogP contribution in [0.4, 0.5) is 18.3 Å². The monoisotopic (exact) mass is 369 g/mol. The average Bonchev–Trinajstić information content (AvgIpc) is 3.22. The van der Waals surface area contributed by atoms with Gasteiger partial charge in [-0.2, -0.15) is 13.2 Å². The van der Waals surface area contributed by atoms with Crippen molar-refractivity contribution in [2.45, 2.75) is 25.1 Å². The molecule has 2 heterocycles. The molecule has 25 heavy (non-hydrogen) atoms. The highest BCUT2D eigenvalue weighted by Gasteiger charge is 2.36. The summed E-state index contributed by atoms with van der Waals surface area (Å²) in [7, 11) is 3.40. The van der Waals surface area contributed by atoms with Crippen molar-refractivity contribution >= 4 is 22.4 Å². The van der Waals surface area contributed by atoms with Crippen LogP contribution in [-0.4, -0.2) is 42.5 Å². The summed E-state index contributed by atoms with van der Waals surface area (Å²) in [4.78, 5) is 20.1. The van der Waals surface area contributed by atoms with Crippen LogP contribution < -0.4 is 4.90 Å². The highest BCUT2D eigenvalue weighted by Crippen LogP contribution is 2.39. The molecule has 1 amide bonds. The van der Waals surface area contributed by atoms with E-state index in [9.17, 15) is 18.0 Å². The molecule has 8 heteroatoms. The Morgan fingerprint density at radius 2 is 2.04 bits per heavy atom. The number of anilines is 1. The summed E-state index contributed by atoms with van der Waals surface area (Å²) in [5, 5.41) is 2.21. The Balaban J connectivity index is 1.93. The van der Waals surface area contributed by atoms with Crippen LogP contribution >= 0.6 is 11.3 Å².